The summed E-state index contributed by atoms with van der Waals surface area (Å²) in [4.78, 5) is 10.2. The van der Waals surface area contributed by atoms with Gasteiger partial charge in [0.25, 0.3) is 0 Å². The zero-order valence-electron chi connectivity index (χ0n) is 5.29. The summed E-state index contributed by atoms with van der Waals surface area (Å²) in [5, 5.41) is 0. The van der Waals surface area contributed by atoms with Crippen molar-refractivity contribution in [1.29, 1.82) is 0 Å². The van der Waals surface area contributed by atoms with E-state index in [2.05, 4.69) is 4.74 Å². The van der Waals surface area contributed by atoms with Crippen LogP contribution in [0.5, 0.6) is 0 Å². The molecule has 0 spiro atoms. The van der Waals surface area contributed by atoms with Crippen LogP contribution in [0.25, 0.3) is 0 Å². The van der Waals surface area contributed by atoms with Crippen LogP contribution in [0.2, 0.25) is 0 Å². The summed E-state index contributed by atoms with van der Waals surface area (Å²) in [6, 6.07) is 0. The van der Waals surface area contributed by atoms with Crippen molar-refractivity contribution in [3.05, 3.63) is 24.3 Å². The predicted octanol–water partition coefficient (Wildman–Crippen LogP) is 2.25. The molecule has 0 saturated carbocycles. The molecule has 1 rings (SSSR count). The number of rotatable bonds is 1. The third kappa shape index (κ3) is 2.23. The van der Waals surface area contributed by atoms with Crippen molar-refractivity contribution < 1.29 is 9.53 Å². The fourth-order valence-electron chi connectivity index (χ4n) is 0.764. The van der Waals surface area contributed by atoms with Crippen molar-refractivity contribution >= 4 is 17.0 Å². The Morgan fingerprint density at radius 1 is 1.60 bits per heavy atom. The minimum atomic E-state index is -0.745. The van der Waals surface area contributed by atoms with Crippen LogP contribution in [-0.2, 0) is 4.74 Å². The Morgan fingerprint density at radius 3 is 2.90 bits per heavy atom. The number of carbonyl (C=O) groups is 1. The monoisotopic (exact) mass is 158 g/mol. The number of allylic oxidation sites excluding steroid dienone is 2. The molecule has 0 amide bonds. The zero-order chi connectivity index (χ0) is 7.40. The Bertz CT molecular complexity index is 184. The van der Waals surface area contributed by atoms with Gasteiger partial charge in [-0.1, -0.05) is 18.2 Å². The number of hydrogen-bond acceptors (Lipinski definition) is 2. The van der Waals surface area contributed by atoms with E-state index in [1.54, 1.807) is 6.08 Å². The Hall–Kier alpha value is -0.760. The summed E-state index contributed by atoms with van der Waals surface area (Å²) in [6.45, 7) is 0. The van der Waals surface area contributed by atoms with E-state index in [0.717, 1.165) is 6.42 Å². The van der Waals surface area contributed by atoms with Crippen molar-refractivity contribution in [3.63, 3.8) is 0 Å². The molecule has 0 bridgehead atoms. The first-order valence-corrected chi connectivity index (χ1v) is 3.36. The number of carbonyl (C=O) groups excluding carboxylic acids is 1. The highest BCUT2D eigenvalue weighted by molar-refractivity contribution is 6.61. The second-order valence-electron chi connectivity index (χ2n) is 1.94. The summed E-state index contributed by atoms with van der Waals surface area (Å²) in [6.07, 6.45) is 7.99. The van der Waals surface area contributed by atoms with Gasteiger partial charge in [0.05, 0.1) is 0 Å². The van der Waals surface area contributed by atoms with Crippen molar-refractivity contribution in [1.82, 2.24) is 0 Å². The second-order valence-corrected chi connectivity index (χ2v) is 2.25. The molecule has 0 heterocycles. The molecule has 1 atom stereocenters. The highest BCUT2D eigenvalue weighted by Gasteiger charge is 2.08. The van der Waals surface area contributed by atoms with Crippen LogP contribution in [0.4, 0.5) is 4.79 Å². The largest absolute Gasteiger partial charge is 0.446 e. The molecule has 3 heteroatoms. The van der Waals surface area contributed by atoms with Gasteiger partial charge in [-0.3, -0.25) is 0 Å². The summed E-state index contributed by atoms with van der Waals surface area (Å²) in [5.74, 6) is 0. The second kappa shape index (κ2) is 3.42. The highest BCUT2D eigenvalue weighted by atomic mass is 35.5. The van der Waals surface area contributed by atoms with Crippen molar-refractivity contribution in [2.75, 3.05) is 0 Å². The van der Waals surface area contributed by atoms with E-state index >= 15 is 0 Å². The molecule has 0 aromatic carbocycles. The molecule has 0 aromatic rings. The normalized spacial score (nSPS) is 22.7. The van der Waals surface area contributed by atoms with E-state index in [1.807, 2.05) is 18.2 Å². The minimum Gasteiger partial charge on any atom is -0.446 e. The Labute approximate surface area is 64.1 Å². The van der Waals surface area contributed by atoms with E-state index in [4.69, 9.17) is 11.6 Å². The molecule has 0 aromatic heterocycles. The third-order valence-corrected chi connectivity index (χ3v) is 1.27. The van der Waals surface area contributed by atoms with Crippen LogP contribution >= 0.6 is 11.6 Å². The van der Waals surface area contributed by atoms with Gasteiger partial charge in [0, 0.05) is 18.0 Å². The van der Waals surface area contributed by atoms with Gasteiger partial charge in [-0.2, -0.15) is 0 Å². The molecular weight excluding hydrogens is 152 g/mol. The van der Waals surface area contributed by atoms with Gasteiger partial charge in [-0.25, -0.2) is 4.79 Å². The van der Waals surface area contributed by atoms with E-state index in [1.165, 1.54) is 0 Å². The van der Waals surface area contributed by atoms with Crippen molar-refractivity contribution in [3.8, 4) is 0 Å². The standard InChI is InChI=1S/C7H7ClO2/c8-7(9)10-6-4-2-1-3-5-6/h1-4,6H,5H2. The van der Waals surface area contributed by atoms with Crippen LogP contribution in [0, 0.1) is 0 Å². The molecule has 0 aliphatic heterocycles. The lowest BCUT2D eigenvalue weighted by Gasteiger charge is -2.10. The maximum atomic E-state index is 10.2. The lowest BCUT2D eigenvalue weighted by atomic mass is 10.1. The average Bonchev–Trinajstić information content (AvgIpc) is 1.88. The van der Waals surface area contributed by atoms with Gasteiger partial charge in [0.2, 0.25) is 0 Å². The quantitative estimate of drug-likeness (QED) is 0.547. The van der Waals surface area contributed by atoms with Gasteiger partial charge in [-0.15, -0.1) is 0 Å². The van der Waals surface area contributed by atoms with E-state index < -0.39 is 5.43 Å². The topological polar surface area (TPSA) is 26.3 Å². The Kier molecular flexibility index (Phi) is 2.51. The van der Waals surface area contributed by atoms with Crippen LogP contribution < -0.4 is 0 Å². The zero-order valence-corrected chi connectivity index (χ0v) is 6.04. The van der Waals surface area contributed by atoms with Crippen molar-refractivity contribution in [2.45, 2.75) is 12.5 Å². The van der Waals surface area contributed by atoms with Gasteiger partial charge >= 0.3 is 5.43 Å². The average molecular weight is 159 g/mol. The summed E-state index contributed by atoms with van der Waals surface area (Å²) in [5.41, 5.74) is -0.745. The molecule has 0 N–H and O–H groups in total. The van der Waals surface area contributed by atoms with E-state index in [0.29, 0.717) is 0 Å². The molecule has 1 unspecified atom stereocenters. The summed E-state index contributed by atoms with van der Waals surface area (Å²) >= 11 is 4.99. The lowest BCUT2D eigenvalue weighted by Crippen LogP contribution is -2.11. The lowest BCUT2D eigenvalue weighted by molar-refractivity contribution is 0.146. The SMILES string of the molecule is O=C(Cl)OC1C=CC=CC1. The molecule has 1 aliphatic carbocycles. The maximum absolute atomic E-state index is 10.2. The molecule has 1 aliphatic rings. The van der Waals surface area contributed by atoms with E-state index in [-0.39, 0.29) is 6.10 Å². The van der Waals surface area contributed by atoms with Crippen LogP contribution in [0.1, 0.15) is 6.42 Å². The smallest absolute Gasteiger partial charge is 0.404 e. The molecule has 0 saturated heterocycles. The van der Waals surface area contributed by atoms with Gasteiger partial charge in [0.15, 0.2) is 0 Å². The first-order chi connectivity index (χ1) is 4.79. The fraction of sp³-hybridized carbons (Fsp3) is 0.286. The van der Waals surface area contributed by atoms with Gasteiger partial charge < -0.3 is 4.74 Å². The molecule has 0 fully saturated rings. The van der Waals surface area contributed by atoms with E-state index in [9.17, 15) is 4.79 Å². The Balaban J connectivity index is 2.37. The van der Waals surface area contributed by atoms with Gasteiger partial charge in [-0.05, 0) is 6.08 Å². The predicted molar refractivity (Wildman–Crippen MR) is 39.0 cm³/mol. The first kappa shape index (κ1) is 7.35. The number of halogens is 1. The third-order valence-electron chi connectivity index (χ3n) is 1.19. The molecular formula is C7H7ClO2. The minimum absolute atomic E-state index is 0.171. The molecule has 0 radical (unpaired) electrons. The van der Waals surface area contributed by atoms with Crippen LogP contribution in [0.15, 0.2) is 24.3 Å². The van der Waals surface area contributed by atoms with Crippen LogP contribution in [-0.4, -0.2) is 11.5 Å². The number of hydrogen-bond donors (Lipinski definition) is 0. The number of ether oxygens (including phenoxy) is 1. The van der Waals surface area contributed by atoms with Crippen LogP contribution in [0.3, 0.4) is 0 Å². The molecule has 10 heavy (non-hydrogen) atoms. The van der Waals surface area contributed by atoms with Crippen molar-refractivity contribution in [2.24, 2.45) is 0 Å². The summed E-state index contributed by atoms with van der Waals surface area (Å²) in [7, 11) is 0. The fourth-order valence-corrected chi connectivity index (χ4v) is 0.879. The summed E-state index contributed by atoms with van der Waals surface area (Å²) < 4.78 is 4.68. The maximum Gasteiger partial charge on any atom is 0.404 e. The van der Waals surface area contributed by atoms with Gasteiger partial charge in [0.1, 0.15) is 6.10 Å². The Morgan fingerprint density at radius 2 is 2.40 bits per heavy atom. The molecule has 54 valence electrons. The highest BCUT2D eigenvalue weighted by Crippen LogP contribution is 2.08. The first-order valence-electron chi connectivity index (χ1n) is 2.98. The molecule has 2 nitrogen and oxygen atoms in total.